The van der Waals surface area contributed by atoms with Crippen LogP contribution in [0.15, 0.2) is 23.8 Å². The number of rotatable bonds is 5. The van der Waals surface area contributed by atoms with Gasteiger partial charge in [0.1, 0.15) is 6.61 Å². The lowest BCUT2D eigenvalue weighted by atomic mass is 9.47. The lowest BCUT2D eigenvalue weighted by Gasteiger charge is -2.56. The molecule has 4 aliphatic rings. The normalized spacial score (nSPS) is 42.9. The molecule has 0 heterocycles. The van der Waals surface area contributed by atoms with E-state index in [0.717, 1.165) is 19.3 Å². The van der Waals surface area contributed by atoms with E-state index < -0.39 is 0 Å². The van der Waals surface area contributed by atoms with Crippen molar-refractivity contribution in [1.82, 2.24) is 0 Å². The van der Waals surface area contributed by atoms with Crippen LogP contribution in [-0.4, -0.2) is 30.4 Å². The third-order valence-electron chi connectivity index (χ3n) is 8.39. The van der Waals surface area contributed by atoms with Gasteiger partial charge in [-0.25, -0.2) is 0 Å². The van der Waals surface area contributed by atoms with E-state index in [2.05, 4.69) is 19.9 Å². The smallest absolute Gasteiger partial charge is 0.178 e. The van der Waals surface area contributed by atoms with Gasteiger partial charge in [0, 0.05) is 11.3 Å². The average molecular weight is 389 g/mol. The first-order valence-corrected chi connectivity index (χ1v) is 11.8. The molecule has 0 spiro atoms. The number of carbonyl (C=O) groups excluding carboxylic acids is 2. The molecule has 4 aliphatic carbocycles. The molecule has 0 aromatic rings. The molecule has 3 nitrogen and oxygen atoms in total. The van der Waals surface area contributed by atoms with Gasteiger partial charge < -0.3 is 4.74 Å². The quantitative estimate of drug-likeness (QED) is 0.500. The molecule has 148 valence electrons. The molecule has 6 atom stereocenters. The van der Waals surface area contributed by atoms with Crippen LogP contribution >= 0.6 is 11.8 Å². The number of hydrogen-bond acceptors (Lipinski definition) is 4. The number of allylic oxidation sites excluding steroid dienone is 4. The Morgan fingerprint density at radius 3 is 2.81 bits per heavy atom. The van der Waals surface area contributed by atoms with E-state index in [-0.39, 0.29) is 29.1 Å². The molecule has 3 saturated carbocycles. The Balaban J connectivity index is 1.54. The number of thioether (sulfide) groups is 1. The highest BCUT2D eigenvalue weighted by molar-refractivity contribution is 7.98. The van der Waals surface area contributed by atoms with Crippen LogP contribution in [0, 0.1) is 34.5 Å². The first kappa shape index (κ1) is 19.4. The van der Waals surface area contributed by atoms with Crippen molar-refractivity contribution in [3.05, 3.63) is 23.8 Å². The van der Waals surface area contributed by atoms with Gasteiger partial charge in [0.25, 0.3) is 0 Å². The van der Waals surface area contributed by atoms with Crippen LogP contribution in [0.2, 0.25) is 0 Å². The van der Waals surface area contributed by atoms with Crippen molar-refractivity contribution in [2.45, 2.75) is 52.4 Å². The Morgan fingerprint density at radius 2 is 2.04 bits per heavy atom. The molecule has 3 fully saturated rings. The molecule has 0 unspecified atom stereocenters. The molecule has 4 rings (SSSR count). The van der Waals surface area contributed by atoms with Crippen LogP contribution in [0.1, 0.15) is 52.4 Å². The second kappa shape index (κ2) is 7.18. The molecule has 0 aromatic carbocycles. The van der Waals surface area contributed by atoms with Crippen LogP contribution in [0.3, 0.4) is 0 Å². The van der Waals surface area contributed by atoms with Crippen molar-refractivity contribution < 1.29 is 14.3 Å². The van der Waals surface area contributed by atoms with E-state index >= 15 is 0 Å². The molecule has 0 bridgehead atoms. The van der Waals surface area contributed by atoms with Gasteiger partial charge in [-0.05, 0) is 80.1 Å². The van der Waals surface area contributed by atoms with Crippen molar-refractivity contribution in [3.8, 4) is 0 Å². The average Bonchev–Trinajstić information content (AvgIpc) is 3.00. The summed E-state index contributed by atoms with van der Waals surface area (Å²) in [6.45, 7) is 5.00. The summed E-state index contributed by atoms with van der Waals surface area (Å²) in [5.74, 6) is 3.16. The molecular formula is C23H32O3S. The Kier molecular flexibility index (Phi) is 5.17. The fourth-order valence-corrected chi connectivity index (χ4v) is 7.30. The van der Waals surface area contributed by atoms with Gasteiger partial charge in [-0.2, -0.15) is 0 Å². The minimum atomic E-state index is 0.0434. The number of hydrogen-bond donors (Lipinski definition) is 0. The SMILES string of the molecule is CSCOCC(=O)[C@H]1CC[C@H]2[C@@H]3CCC4=CC(=O)C=C[C@]4(C)[C@H]3CC[C@]12C. The van der Waals surface area contributed by atoms with Gasteiger partial charge in [-0.1, -0.05) is 25.5 Å². The molecule has 4 heteroatoms. The predicted molar refractivity (Wildman–Crippen MR) is 109 cm³/mol. The Bertz CT molecular complexity index is 696. The van der Waals surface area contributed by atoms with E-state index in [4.69, 9.17) is 4.74 Å². The standard InChI is InChI=1S/C23H32O3S/c1-22-10-8-16(24)12-15(22)4-5-17-18-6-7-20(21(25)13-26-14-27-3)23(18,2)11-9-19(17)22/h8,10,12,17-20H,4-7,9,11,13-14H2,1-3H3/t17-,18-,19-,20+,22-,23-/m0/s1. The highest BCUT2D eigenvalue weighted by Crippen LogP contribution is 2.66. The van der Waals surface area contributed by atoms with Crippen molar-refractivity contribution >= 4 is 23.3 Å². The summed E-state index contributed by atoms with van der Waals surface area (Å²) >= 11 is 1.62. The summed E-state index contributed by atoms with van der Waals surface area (Å²) in [6.07, 6.45) is 14.6. The molecule has 0 aliphatic heterocycles. The van der Waals surface area contributed by atoms with E-state index in [1.165, 1.54) is 24.8 Å². The maximum atomic E-state index is 12.9. The zero-order chi connectivity index (χ0) is 19.2. The fraction of sp³-hybridized carbons (Fsp3) is 0.739. The largest absolute Gasteiger partial charge is 0.363 e. The van der Waals surface area contributed by atoms with Crippen molar-refractivity contribution in [3.63, 3.8) is 0 Å². The molecule has 0 radical (unpaired) electrons. The Morgan fingerprint density at radius 1 is 1.22 bits per heavy atom. The zero-order valence-corrected chi connectivity index (χ0v) is 17.6. The second-order valence-electron chi connectivity index (χ2n) is 9.50. The van der Waals surface area contributed by atoms with E-state index in [1.807, 2.05) is 12.3 Å². The number of carbonyl (C=O) groups is 2. The molecule has 0 aromatic heterocycles. The zero-order valence-electron chi connectivity index (χ0n) is 16.8. The maximum Gasteiger partial charge on any atom is 0.178 e. The molecule has 0 saturated heterocycles. The maximum absolute atomic E-state index is 12.9. The van der Waals surface area contributed by atoms with Crippen LogP contribution in [0.25, 0.3) is 0 Å². The minimum absolute atomic E-state index is 0.0434. The number of ether oxygens (including phenoxy) is 1. The second-order valence-corrected chi connectivity index (χ2v) is 10.3. The Labute approximate surface area is 167 Å². The van der Waals surface area contributed by atoms with Crippen LogP contribution in [-0.2, 0) is 14.3 Å². The first-order chi connectivity index (χ1) is 12.9. The van der Waals surface area contributed by atoms with Gasteiger partial charge in [0.05, 0.1) is 5.94 Å². The highest BCUT2D eigenvalue weighted by Gasteiger charge is 2.59. The van der Waals surface area contributed by atoms with E-state index in [1.54, 1.807) is 17.8 Å². The van der Waals surface area contributed by atoms with Crippen molar-refractivity contribution in [2.75, 3.05) is 18.8 Å². The summed E-state index contributed by atoms with van der Waals surface area (Å²) in [5.41, 5.74) is 1.52. The number of ketones is 2. The van der Waals surface area contributed by atoms with Crippen LogP contribution in [0.5, 0.6) is 0 Å². The Hall–Kier alpha value is -0.870. The molecule has 27 heavy (non-hydrogen) atoms. The summed E-state index contributed by atoms with van der Waals surface area (Å²) in [5, 5.41) is 0. The molecule has 0 amide bonds. The fourth-order valence-electron chi connectivity index (χ4n) is 7.05. The first-order valence-electron chi connectivity index (χ1n) is 10.4. The van der Waals surface area contributed by atoms with Gasteiger partial charge in [-0.15, -0.1) is 11.8 Å². The monoisotopic (exact) mass is 388 g/mol. The predicted octanol–water partition coefficient (Wildman–Crippen LogP) is 4.82. The highest BCUT2D eigenvalue weighted by atomic mass is 32.2. The molecular weight excluding hydrogens is 356 g/mol. The third-order valence-corrected chi connectivity index (χ3v) is 8.79. The van der Waals surface area contributed by atoms with Crippen LogP contribution < -0.4 is 0 Å². The van der Waals surface area contributed by atoms with Gasteiger partial charge >= 0.3 is 0 Å². The van der Waals surface area contributed by atoms with Gasteiger partial charge in [-0.3, -0.25) is 9.59 Å². The molecule has 0 N–H and O–H groups in total. The summed E-state index contributed by atoms with van der Waals surface area (Å²) in [4.78, 5) is 24.7. The van der Waals surface area contributed by atoms with Crippen molar-refractivity contribution in [2.24, 2.45) is 34.5 Å². The van der Waals surface area contributed by atoms with Crippen LogP contribution in [0.4, 0.5) is 0 Å². The van der Waals surface area contributed by atoms with Gasteiger partial charge in [0.15, 0.2) is 11.6 Å². The van der Waals surface area contributed by atoms with E-state index in [9.17, 15) is 9.59 Å². The van der Waals surface area contributed by atoms with Crippen molar-refractivity contribution in [1.29, 1.82) is 0 Å². The summed E-state index contributed by atoms with van der Waals surface area (Å²) in [6, 6.07) is 0. The topological polar surface area (TPSA) is 43.4 Å². The lowest BCUT2D eigenvalue weighted by Crippen LogP contribution is -2.50. The summed E-state index contributed by atoms with van der Waals surface area (Å²) < 4.78 is 5.55. The van der Waals surface area contributed by atoms with E-state index in [0.29, 0.717) is 29.5 Å². The lowest BCUT2D eigenvalue weighted by molar-refractivity contribution is -0.133. The third kappa shape index (κ3) is 3.07. The number of fused-ring (bicyclic) bond motifs is 5. The summed E-state index contributed by atoms with van der Waals surface area (Å²) in [7, 11) is 0. The number of Topliss-reactive ketones (excluding diaryl/α,β-unsaturated/α-hetero) is 1. The van der Waals surface area contributed by atoms with Gasteiger partial charge in [0.2, 0.25) is 0 Å². The minimum Gasteiger partial charge on any atom is -0.363 e.